The maximum atomic E-state index is 12.6. The number of alkyl halides is 2. The quantitative estimate of drug-likeness (QED) is 0.434. The van der Waals surface area contributed by atoms with Crippen molar-refractivity contribution in [1.82, 2.24) is 9.97 Å². The molecule has 0 saturated carbocycles. The van der Waals surface area contributed by atoms with Crippen molar-refractivity contribution in [3.8, 4) is 22.9 Å². The van der Waals surface area contributed by atoms with Crippen LogP contribution in [-0.4, -0.2) is 28.7 Å². The third-order valence-electron chi connectivity index (χ3n) is 6.00. The highest BCUT2D eigenvalue weighted by Crippen LogP contribution is 2.40. The van der Waals surface area contributed by atoms with Gasteiger partial charge >= 0.3 is 18.6 Å². The van der Waals surface area contributed by atoms with Gasteiger partial charge < -0.3 is 19.5 Å². The van der Waals surface area contributed by atoms with Crippen LogP contribution in [-0.2, 0) is 16.1 Å². The molecule has 9 heteroatoms. The van der Waals surface area contributed by atoms with Crippen LogP contribution < -0.4 is 14.8 Å². The number of carbonyl (C=O) groups excluding carboxylic acids is 1. The van der Waals surface area contributed by atoms with Crippen LogP contribution in [0.25, 0.3) is 11.1 Å². The van der Waals surface area contributed by atoms with E-state index in [2.05, 4.69) is 20.0 Å². The molecule has 2 aromatic carbocycles. The molecule has 7 nitrogen and oxygen atoms in total. The Labute approximate surface area is 202 Å². The van der Waals surface area contributed by atoms with Crippen LogP contribution in [0.15, 0.2) is 36.4 Å². The first-order valence-electron chi connectivity index (χ1n) is 11.2. The number of carbonyl (C=O) groups is 1. The van der Waals surface area contributed by atoms with Crippen LogP contribution in [0.3, 0.4) is 0 Å². The van der Waals surface area contributed by atoms with E-state index in [4.69, 9.17) is 9.47 Å². The first kappa shape index (κ1) is 24.4. The molecule has 1 aromatic heterocycles. The number of hydrogen-bond acceptors (Lipinski definition) is 7. The summed E-state index contributed by atoms with van der Waals surface area (Å²) in [6, 6.07) is 11.3. The molecule has 0 fully saturated rings. The number of hydrogen-bond donors (Lipinski definition) is 1. The number of fused-ring (bicyclic) bond motifs is 1. The summed E-state index contributed by atoms with van der Waals surface area (Å²) in [4.78, 5) is 19.6. The highest BCUT2D eigenvalue weighted by Gasteiger charge is 2.33. The predicted octanol–water partition coefficient (Wildman–Crippen LogP) is 5.67. The lowest BCUT2D eigenvalue weighted by molar-refractivity contribution is -0.149. The molecule has 1 aliphatic rings. The number of aromatic nitrogens is 2. The molecule has 1 N–H and O–H groups in total. The molecule has 1 unspecified atom stereocenters. The molecule has 0 aliphatic carbocycles. The van der Waals surface area contributed by atoms with E-state index in [1.807, 2.05) is 50.2 Å². The number of rotatable bonds is 7. The Morgan fingerprint density at radius 1 is 1.14 bits per heavy atom. The van der Waals surface area contributed by atoms with Gasteiger partial charge in [0.05, 0.1) is 11.4 Å². The lowest BCUT2D eigenvalue weighted by Crippen LogP contribution is -2.18. The van der Waals surface area contributed by atoms with Crippen LogP contribution in [0.2, 0.25) is 0 Å². The number of nitrogens with zero attached hydrogens (tertiary/aromatic N) is 2. The number of aryl methyl sites for hydroxylation is 2. The van der Waals surface area contributed by atoms with Crippen molar-refractivity contribution in [3.63, 3.8) is 0 Å². The number of anilines is 1. The van der Waals surface area contributed by atoms with Crippen LogP contribution in [0.5, 0.6) is 11.8 Å². The van der Waals surface area contributed by atoms with Crippen molar-refractivity contribution in [3.05, 3.63) is 64.5 Å². The third kappa shape index (κ3) is 5.18. The highest BCUT2D eigenvalue weighted by atomic mass is 19.3. The van der Waals surface area contributed by atoms with Crippen LogP contribution in [0.1, 0.15) is 48.0 Å². The minimum Gasteiger partial charge on any atom is -0.486 e. The van der Waals surface area contributed by atoms with Crippen molar-refractivity contribution in [2.75, 3.05) is 5.32 Å². The van der Waals surface area contributed by atoms with E-state index in [9.17, 15) is 13.6 Å². The summed E-state index contributed by atoms with van der Waals surface area (Å²) < 4.78 is 40.8. The molecule has 1 aliphatic heterocycles. The summed E-state index contributed by atoms with van der Waals surface area (Å²) in [5.74, 6) is 0.344. The normalized spacial score (nSPS) is 16.6. The van der Waals surface area contributed by atoms with Crippen LogP contribution >= 0.6 is 0 Å². The van der Waals surface area contributed by atoms with E-state index in [-0.39, 0.29) is 18.1 Å². The van der Waals surface area contributed by atoms with E-state index < -0.39 is 12.7 Å². The Morgan fingerprint density at radius 2 is 1.86 bits per heavy atom. The highest BCUT2D eigenvalue weighted by molar-refractivity contribution is 5.72. The number of ether oxygens (including phenoxy) is 3. The first-order chi connectivity index (χ1) is 16.6. The second-order valence-electron chi connectivity index (χ2n) is 8.48. The van der Waals surface area contributed by atoms with Crippen LogP contribution in [0.4, 0.5) is 14.5 Å². The third-order valence-corrected chi connectivity index (χ3v) is 6.00. The van der Waals surface area contributed by atoms with Gasteiger partial charge in [-0.05, 0) is 56.5 Å². The van der Waals surface area contributed by atoms with Gasteiger partial charge in [0, 0.05) is 36.3 Å². The maximum Gasteiger partial charge on any atom is 0.389 e. The summed E-state index contributed by atoms with van der Waals surface area (Å²) >= 11 is 0. The Kier molecular flexibility index (Phi) is 6.86. The standard InChI is InChI=1S/C26H27F2N3O4/c1-13-18(7-6-8-20(13)23-14(2)30-26(31-15(23)3)35-25(27)28)12-29-19-9-10-21-22(11-19)33-16(4)24(21)34-17(5)32/h6-11,16,24-25,29H,12H2,1-5H3/t16?,24-/m1/s1. The maximum absolute atomic E-state index is 12.6. The largest absolute Gasteiger partial charge is 0.486 e. The summed E-state index contributed by atoms with van der Waals surface area (Å²) in [5, 5.41) is 3.42. The van der Waals surface area contributed by atoms with Crippen molar-refractivity contribution in [2.24, 2.45) is 0 Å². The average molecular weight is 484 g/mol. The summed E-state index contributed by atoms with van der Waals surface area (Å²) in [5.41, 5.74) is 6.65. The van der Waals surface area contributed by atoms with Gasteiger partial charge in [0.1, 0.15) is 11.9 Å². The van der Waals surface area contributed by atoms with Gasteiger partial charge in [-0.1, -0.05) is 18.2 Å². The van der Waals surface area contributed by atoms with E-state index >= 15 is 0 Å². The van der Waals surface area contributed by atoms with E-state index in [1.165, 1.54) is 6.92 Å². The van der Waals surface area contributed by atoms with Gasteiger partial charge in [-0.15, -0.1) is 0 Å². The molecule has 0 radical (unpaired) electrons. The number of nitrogens with one attached hydrogen (secondary N) is 1. The van der Waals surface area contributed by atoms with Crippen LogP contribution in [0, 0.1) is 20.8 Å². The fraction of sp³-hybridized carbons (Fsp3) is 0.346. The molecule has 0 bridgehead atoms. The monoisotopic (exact) mass is 483 g/mol. The molecule has 2 atom stereocenters. The molecular formula is C26H27F2N3O4. The molecule has 3 aromatic rings. The van der Waals surface area contributed by atoms with E-state index in [1.54, 1.807) is 13.8 Å². The predicted molar refractivity (Wildman–Crippen MR) is 127 cm³/mol. The zero-order valence-electron chi connectivity index (χ0n) is 20.2. The minimum absolute atomic E-state index is 0.255. The summed E-state index contributed by atoms with van der Waals surface area (Å²) in [6.07, 6.45) is -0.670. The average Bonchev–Trinajstić information content (AvgIpc) is 3.07. The molecule has 0 spiro atoms. The van der Waals surface area contributed by atoms with Crippen molar-refractivity contribution in [2.45, 2.75) is 60.0 Å². The van der Waals surface area contributed by atoms with E-state index in [0.29, 0.717) is 23.7 Å². The SMILES string of the molecule is CC(=O)O[C@H]1c2ccc(NCc3cccc(-c4c(C)nc(OC(F)F)nc4C)c3C)cc2OC1C. The summed E-state index contributed by atoms with van der Waals surface area (Å²) in [6.45, 7) is 6.34. The van der Waals surface area contributed by atoms with E-state index in [0.717, 1.165) is 33.5 Å². The fourth-order valence-electron chi connectivity index (χ4n) is 4.39. The second-order valence-corrected chi connectivity index (χ2v) is 8.48. The fourth-order valence-corrected chi connectivity index (χ4v) is 4.39. The number of halogens is 2. The summed E-state index contributed by atoms with van der Waals surface area (Å²) in [7, 11) is 0. The van der Waals surface area contributed by atoms with Gasteiger partial charge in [-0.3, -0.25) is 4.79 Å². The van der Waals surface area contributed by atoms with Gasteiger partial charge in [-0.2, -0.15) is 18.7 Å². The Morgan fingerprint density at radius 3 is 2.51 bits per heavy atom. The molecule has 2 heterocycles. The zero-order chi connectivity index (χ0) is 25.3. The smallest absolute Gasteiger partial charge is 0.389 e. The van der Waals surface area contributed by atoms with Crippen molar-refractivity contribution < 1.29 is 27.8 Å². The van der Waals surface area contributed by atoms with Gasteiger partial charge in [0.25, 0.3) is 0 Å². The number of esters is 1. The Balaban J connectivity index is 1.54. The molecule has 184 valence electrons. The van der Waals surface area contributed by atoms with Gasteiger partial charge in [-0.25, -0.2) is 0 Å². The first-order valence-corrected chi connectivity index (χ1v) is 11.2. The minimum atomic E-state index is -2.98. The van der Waals surface area contributed by atoms with Gasteiger partial charge in [0.15, 0.2) is 6.10 Å². The molecule has 4 rings (SSSR count). The lowest BCUT2D eigenvalue weighted by Gasteiger charge is -2.16. The van der Waals surface area contributed by atoms with Crippen molar-refractivity contribution >= 4 is 11.7 Å². The van der Waals surface area contributed by atoms with Gasteiger partial charge in [0.2, 0.25) is 0 Å². The number of benzene rings is 2. The van der Waals surface area contributed by atoms with Crippen molar-refractivity contribution in [1.29, 1.82) is 0 Å². The second kappa shape index (κ2) is 9.85. The molecule has 0 amide bonds. The zero-order valence-corrected chi connectivity index (χ0v) is 20.2. The Hall–Kier alpha value is -3.75. The molecular weight excluding hydrogens is 456 g/mol. The topological polar surface area (TPSA) is 82.6 Å². The Bertz CT molecular complexity index is 1240. The lowest BCUT2D eigenvalue weighted by atomic mass is 9.94. The molecule has 35 heavy (non-hydrogen) atoms. The molecule has 0 saturated heterocycles.